The molecule has 0 bridgehead atoms. The van der Waals surface area contributed by atoms with Crippen molar-refractivity contribution in [3.05, 3.63) is 47.1 Å². The normalized spacial score (nSPS) is 20.2. The summed E-state index contributed by atoms with van der Waals surface area (Å²) in [6, 6.07) is 2.87. The van der Waals surface area contributed by atoms with Crippen LogP contribution < -0.4 is 4.74 Å². The van der Waals surface area contributed by atoms with Gasteiger partial charge in [-0.25, -0.2) is 4.79 Å². The summed E-state index contributed by atoms with van der Waals surface area (Å²) in [7, 11) is -4.36. The molecule has 1 aliphatic carbocycles. The maximum Gasteiger partial charge on any atom is 0.343 e. The molecular weight excluding hydrogens is 376 g/mol. The largest absolute Gasteiger partial charge is 0.423 e. The Kier molecular flexibility index (Phi) is 6.26. The van der Waals surface area contributed by atoms with Crippen LogP contribution in [-0.4, -0.2) is 18.9 Å². The summed E-state index contributed by atoms with van der Waals surface area (Å²) < 4.78 is 38.4. The molecule has 28 heavy (non-hydrogen) atoms. The Bertz CT molecular complexity index is 930. The van der Waals surface area contributed by atoms with Gasteiger partial charge in [-0.2, -0.15) is 8.42 Å². The van der Waals surface area contributed by atoms with Crippen LogP contribution >= 0.6 is 0 Å². The van der Waals surface area contributed by atoms with Gasteiger partial charge in [0.05, 0.1) is 10.5 Å². The molecule has 0 aromatic heterocycles. The second kappa shape index (κ2) is 7.84. The molecule has 1 aromatic rings. The molecule has 0 spiro atoms. The molecule has 2 rings (SSSR count). The van der Waals surface area contributed by atoms with Crippen molar-refractivity contribution in [2.45, 2.75) is 59.3 Å². The van der Waals surface area contributed by atoms with Gasteiger partial charge in [-0.15, -0.1) is 0 Å². The van der Waals surface area contributed by atoms with E-state index >= 15 is 0 Å². The molecule has 0 amide bonds. The maximum absolute atomic E-state index is 12.7. The van der Waals surface area contributed by atoms with E-state index in [4.69, 9.17) is 4.74 Å². The van der Waals surface area contributed by atoms with Crippen LogP contribution in [0.25, 0.3) is 0 Å². The number of allylic oxidation sites excluding steroid dienone is 2. The number of carbonyl (C=O) groups excluding carboxylic acids is 1. The molecule has 154 valence electrons. The number of carbonyl (C=O) groups is 1. The summed E-state index contributed by atoms with van der Waals surface area (Å²) in [5.41, 5.74) is 1.45. The summed E-state index contributed by atoms with van der Waals surface area (Å²) in [4.78, 5) is 12.5. The molecule has 1 aromatic carbocycles. The SMILES string of the molecule is Cc1cc(S(=O)(=O)O)c(C(C)C)cc1OC(=O)C1=CC(C)C(C(C)(C)C)C=C1. The van der Waals surface area contributed by atoms with Crippen molar-refractivity contribution in [2.75, 3.05) is 0 Å². The predicted octanol–water partition coefficient (Wildman–Crippen LogP) is 5.07. The van der Waals surface area contributed by atoms with E-state index in [9.17, 15) is 17.8 Å². The van der Waals surface area contributed by atoms with Crippen molar-refractivity contribution in [3.8, 4) is 5.75 Å². The van der Waals surface area contributed by atoms with Crippen LogP contribution in [0, 0.1) is 24.2 Å². The highest BCUT2D eigenvalue weighted by molar-refractivity contribution is 7.85. The molecule has 0 radical (unpaired) electrons. The van der Waals surface area contributed by atoms with Crippen LogP contribution in [0.1, 0.15) is 58.6 Å². The van der Waals surface area contributed by atoms with Gasteiger partial charge in [-0.1, -0.05) is 59.8 Å². The Morgan fingerprint density at radius 2 is 1.82 bits per heavy atom. The Morgan fingerprint density at radius 3 is 2.29 bits per heavy atom. The van der Waals surface area contributed by atoms with E-state index in [2.05, 4.69) is 33.8 Å². The first-order valence-electron chi connectivity index (χ1n) is 9.46. The molecule has 0 fully saturated rings. The quantitative estimate of drug-likeness (QED) is 0.429. The van der Waals surface area contributed by atoms with Gasteiger partial charge < -0.3 is 4.74 Å². The number of hydrogen-bond acceptors (Lipinski definition) is 4. The van der Waals surface area contributed by atoms with Gasteiger partial charge in [-0.05, 0) is 53.4 Å². The highest BCUT2D eigenvalue weighted by atomic mass is 32.2. The van der Waals surface area contributed by atoms with Gasteiger partial charge in [-0.3, -0.25) is 4.55 Å². The van der Waals surface area contributed by atoms with Crippen molar-refractivity contribution in [1.29, 1.82) is 0 Å². The number of esters is 1. The molecule has 2 atom stereocenters. The van der Waals surface area contributed by atoms with Crippen LogP contribution in [0.4, 0.5) is 0 Å². The van der Waals surface area contributed by atoms with Crippen molar-refractivity contribution in [1.82, 2.24) is 0 Å². The fourth-order valence-electron chi connectivity index (χ4n) is 3.66. The summed E-state index contributed by atoms with van der Waals surface area (Å²) in [5, 5.41) is 0. The Morgan fingerprint density at radius 1 is 1.21 bits per heavy atom. The van der Waals surface area contributed by atoms with E-state index in [0.717, 1.165) is 0 Å². The summed E-state index contributed by atoms with van der Waals surface area (Å²) >= 11 is 0. The Labute approximate surface area is 168 Å². The van der Waals surface area contributed by atoms with Crippen molar-refractivity contribution in [3.63, 3.8) is 0 Å². The van der Waals surface area contributed by atoms with E-state index in [1.54, 1.807) is 13.0 Å². The van der Waals surface area contributed by atoms with Gasteiger partial charge in [0.2, 0.25) is 0 Å². The van der Waals surface area contributed by atoms with Crippen molar-refractivity contribution < 1.29 is 22.5 Å². The minimum Gasteiger partial charge on any atom is -0.423 e. The molecule has 6 heteroatoms. The zero-order valence-corrected chi connectivity index (χ0v) is 18.4. The summed E-state index contributed by atoms with van der Waals surface area (Å²) in [6.45, 7) is 13.9. The second-order valence-corrected chi connectivity index (χ2v) is 10.3. The molecule has 0 heterocycles. The second-order valence-electron chi connectivity index (χ2n) is 8.91. The maximum atomic E-state index is 12.7. The van der Waals surface area contributed by atoms with Crippen LogP contribution in [0.5, 0.6) is 5.75 Å². The van der Waals surface area contributed by atoms with Crippen molar-refractivity contribution in [2.24, 2.45) is 17.3 Å². The lowest BCUT2D eigenvalue weighted by molar-refractivity contribution is -0.129. The molecule has 0 saturated carbocycles. The topological polar surface area (TPSA) is 80.7 Å². The molecule has 0 aliphatic heterocycles. The Balaban J connectivity index is 2.33. The minimum atomic E-state index is -4.36. The highest BCUT2D eigenvalue weighted by Gasteiger charge is 2.30. The zero-order valence-electron chi connectivity index (χ0n) is 17.6. The molecule has 2 unspecified atom stereocenters. The fourth-order valence-corrected chi connectivity index (χ4v) is 4.58. The van der Waals surface area contributed by atoms with Gasteiger partial charge in [0.1, 0.15) is 5.75 Å². The highest BCUT2D eigenvalue weighted by Crippen LogP contribution is 2.37. The minimum absolute atomic E-state index is 0.0935. The Hall–Kier alpha value is -1.92. The third-order valence-electron chi connectivity index (χ3n) is 5.14. The standard InChI is InChI=1S/C22H30O5S/c1-13(2)17-12-19(15(4)11-20(17)28(24,25)26)27-21(23)16-8-9-18(14(3)10-16)22(5,6)7/h8-14,18H,1-7H3,(H,24,25,26). The third-order valence-corrected chi connectivity index (χ3v) is 6.05. The molecule has 1 N–H and O–H groups in total. The van der Waals surface area contributed by atoms with Crippen LogP contribution in [0.2, 0.25) is 0 Å². The number of ether oxygens (including phenoxy) is 1. The third kappa shape index (κ3) is 4.92. The van der Waals surface area contributed by atoms with Crippen LogP contribution in [0.3, 0.4) is 0 Å². The van der Waals surface area contributed by atoms with Crippen LogP contribution in [-0.2, 0) is 14.9 Å². The van der Waals surface area contributed by atoms with Gasteiger partial charge in [0, 0.05) is 0 Å². The van der Waals surface area contributed by atoms with Gasteiger partial charge >= 0.3 is 5.97 Å². The summed E-state index contributed by atoms with van der Waals surface area (Å²) in [6.07, 6.45) is 5.77. The fraction of sp³-hybridized carbons (Fsp3) is 0.500. The predicted molar refractivity (Wildman–Crippen MR) is 110 cm³/mol. The first-order chi connectivity index (χ1) is 12.7. The first-order valence-corrected chi connectivity index (χ1v) is 10.9. The van der Waals surface area contributed by atoms with E-state index < -0.39 is 16.1 Å². The lowest BCUT2D eigenvalue weighted by Crippen LogP contribution is -2.27. The number of rotatable bonds is 4. The van der Waals surface area contributed by atoms with Gasteiger partial charge in [0.15, 0.2) is 0 Å². The van der Waals surface area contributed by atoms with E-state index in [-0.39, 0.29) is 22.1 Å². The monoisotopic (exact) mass is 406 g/mol. The first kappa shape index (κ1) is 22.4. The van der Waals surface area contributed by atoms with Crippen LogP contribution in [0.15, 0.2) is 40.8 Å². The molecular formula is C22H30O5S. The molecule has 0 saturated heterocycles. The van der Waals surface area contributed by atoms with E-state index in [1.165, 1.54) is 12.1 Å². The average Bonchev–Trinajstić information content (AvgIpc) is 2.53. The molecule has 1 aliphatic rings. The molecule has 5 nitrogen and oxygen atoms in total. The van der Waals surface area contributed by atoms with E-state index in [0.29, 0.717) is 28.4 Å². The average molecular weight is 407 g/mol. The summed E-state index contributed by atoms with van der Waals surface area (Å²) in [5.74, 6) is 0.166. The number of aryl methyl sites for hydroxylation is 1. The lowest BCUT2D eigenvalue weighted by atomic mass is 9.71. The number of benzene rings is 1. The smallest absolute Gasteiger partial charge is 0.343 e. The van der Waals surface area contributed by atoms with E-state index in [1.807, 2.05) is 19.9 Å². The lowest BCUT2D eigenvalue weighted by Gasteiger charge is -2.34. The zero-order chi connectivity index (χ0) is 21.4. The number of hydrogen-bond donors (Lipinski definition) is 1. The van der Waals surface area contributed by atoms with Crippen molar-refractivity contribution >= 4 is 16.1 Å². The van der Waals surface area contributed by atoms with Gasteiger partial charge in [0.25, 0.3) is 10.1 Å².